The van der Waals surface area contributed by atoms with E-state index in [9.17, 15) is 9.59 Å². The highest BCUT2D eigenvalue weighted by Crippen LogP contribution is 2.43. The lowest BCUT2D eigenvalue weighted by Crippen LogP contribution is -2.56. The van der Waals surface area contributed by atoms with Crippen molar-refractivity contribution in [2.45, 2.75) is 31.1 Å². The zero-order chi connectivity index (χ0) is 13.3. The van der Waals surface area contributed by atoms with Gasteiger partial charge in [-0.05, 0) is 50.4 Å². The summed E-state index contributed by atoms with van der Waals surface area (Å²) in [7, 11) is 0. The van der Waals surface area contributed by atoms with Gasteiger partial charge in [0.2, 0.25) is 11.8 Å². The molecule has 3 heterocycles. The molecule has 2 aliphatic heterocycles. The lowest BCUT2D eigenvalue weighted by Gasteiger charge is -2.42. The zero-order valence-electron chi connectivity index (χ0n) is 10.8. The highest BCUT2D eigenvalue weighted by atomic mass is 16.3. The lowest BCUT2D eigenvalue weighted by molar-refractivity contribution is -0.141. The number of hydrogen-bond donors (Lipinski definition) is 2. The smallest absolute Gasteiger partial charge is 0.240 e. The summed E-state index contributed by atoms with van der Waals surface area (Å²) >= 11 is 0. The predicted molar refractivity (Wildman–Crippen MR) is 68.4 cm³/mol. The van der Waals surface area contributed by atoms with E-state index in [2.05, 4.69) is 10.6 Å². The van der Waals surface area contributed by atoms with Crippen molar-refractivity contribution in [3.63, 3.8) is 0 Å². The van der Waals surface area contributed by atoms with Crippen molar-refractivity contribution in [3.05, 3.63) is 24.2 Å². The summed E-state index contributed by atoms with van der Waals surface area (Å²) < 4.78 is 5.54. The van der Waals surface area contributed by atoms with Crippen LogP contribution in [0.1, 0.15) is 31.4 Å². The monoisotopic (exact) mass is 262 g/mol. The van der Waals surface area contributed by atoms with E-state index in [0.717, 1.165) is 25.9 Å². The molecule has 0 aliphatic carbocycles. The molecule has 5 nitrogen and oxygen atoms in total. The van der Waals surface area contributed by atoms with Crippen molar-refractivity contribution >= 4 is 11.8 Å². The van der Waals surface area contributed by atoms with Crippen LogP contribution in [-0.4, -0.2) is 24.9 Å². The van der Waals surface area contributed by atoms with Gasteiger partial charge in [-0.25, -0.2) is 0 Å². The maximum Gasteiger partial charge on any atom is 0.240 e. The van der Waals surface area contributed by atoms with Crippen LogP contribution in [0.4, 0.5) is 0 Å². The summed E-state index contributed by atoms with van der Waals surface area (Å²) in [6, 6.07) is 3.67. The Bertz CT molecular complexity index is 477. The van der Waals surface area contributed by atoms with Crippen molar-refractivity contribution in [3.8, 4) is 0 Å². The molecule has 1 atom stereocenters. The predicted octanol–water partition coefficient (Wildman–Crippen LogP) is 0.954. The van der Waals surface area contributed by atoms with E-state index in [1.54, 1.807) is 6.26 Å². The maximum atomic E-state index is 12.5. The molecule has 0 spiro atoms. The third kappa shape index (κ3) is 1.98. The molecular formula is C14H18N2O3. The highest BCUT2D eigenvalue weighted by Gasteiger charge is 2.51. The molecule has 1 aromatic heterocycles. The number of amides is 2. The first-order valence-corrected chi connectivity index (χ1v) is 6.82. The van der Waals surface area contributed by atoms with Crippen LogP contribution < -0.4 is 10.6 Å². The number of carbonyl (C=O) groups is 2. The van der Waals surface area contributed by atoms with E-state index in [0.29, 0.717) is 18.6 Å². The fraction of sp³-hybridized carbons (Fsp3) is 0.571. The van der Waals surface area contributed by atoms with Crippen LogP contribution in [0.15, 0.2) is 22.8 Å². The van der Waals surface area contributed by atoms with Crippen LogP contribution in [0.2, 0.25) is 0 Å². The van der Waals surface area contributed by atoms with E-state index in [4.69, 9.17) is 4.42 Å². The SMILES string of the molecule is O=C1CCC(c2ccco2)(C2CCNCC2)C(=O)N1. The van der Waals surface area contributed by atoms with Gasteiger partial charge in [0, 0.05) is 6.42 Å². The number of nitrogens with one attached hydrogen (secondary N) is 2. The van der Waals surface area contributed by atoms with Gasteiger partial charge in [-0.3, -0.25) is 14.9 Å². The van der Waals surface area contributed by atoms with E-state index in [1.807, 2.05) is 12.1 Å². The Balaban J connectivity index is 2.00. The van der Waals surface area contributed by atoms with Crippen molar-refractivity contribution < 1.29 is 14.0 Å². The second kappa shape index (κ2) is 4.81. The van der Waals surface area contributed by atoms with Gasteiger partial charge in [0.1, 0.15) is 11.2 Å². The topological polar surface area (TPSA) is 71.3 Å². The molecule has 3 rings (SSSR count). The molecule has 0 bridgehead atoms. The number of furan rings is 1. The van der Waals surface area contributed by atoms with Gasteiger partial charge in [0.25, 0.3) is 0 Å². The second-order valence-corrected chi connectivity index (χ2v) is 5.35. The van der Waals surface area contributed by atoms with E-state index in [-0.39, 0.29) is 17.7 Å². The second-order valence-electron chi connectivity index (χ2n) is 5.35. The summed E-state index contributed by atoms with van der Waals surface area (Å²) in [6.07, 6.45) is 4.40. The van der Waals surface area contributed by atoms with Crippen LogP contribution in [0.5, 0.6) is 0 Å². The molecule has 102 valence electrons. The minimum Gasteiger partial charge on any atom is -0.468 e. The first kappa shape index (κ1) is 12.4. The summed E-state index contributed by atoms with van der Waals surface area (Å²) in [6.45, 7) is 1.82. The molecule has 2 aliphatic rings. The minimum atomic E-state index is -0.667. The van der Waals surface area contributed by atoms with Gasteiger partial charge in [-0.15, -0.1) is 0 Å². The Labute approximate surface area is 111 Å². The normalized spacial score (nSPS) is 29.3. The third-order valence-electron chi connectivity index (χ3n) is 4.40. The van der Waals surface area contributed by atoms with Gasteiger partial charge >= 0.3 is 0 Å². The number of hydrogen-bond acceptors (Lipinski definition) is 4. The fourth-order valence-electron chi connectivity index (χ4n) is 3.40. The first-order valence-electron chi connectivity index (χ1n) is 6.82. The van der Waals surface area contributed by atoms with Gasteiger partial charge in [-0.2, -0.15) is 0 Å². The number of carbonyl (C=O) groups excluding carboxylic acids is 2. The molecule has 19 heavy (non-hydrogen) atoms. The summed E-state index contributed by atoms with van der Waals surface area (Å²) in [5.41, 5.74) is -0.667. The molecule has 2 amide bonds. The Morgan fingerprint density at radius 2 is 2.05 bits per heavy atom. The molecule has 0 radical (unpaired) electrons. The largest absolute Gasteiger partial charge is 0.468 e. The molecule has 2 saturated heterocycles. The molecule has 1 unspecified atom stereocenters. The van der Waals surface area contributed by atoms with Crippen molar-refractivity contribution in [2.75, 3.05) is 13.1 Å². The number of rotatable bonds is 2. The highest BCUT2D eigenvalue weighted by molar-refractivity contribution is 6.03. The average molecular weight is 262 g/mol. The standard InChI is InChI=1S/C14H18N2O3/c17-12-3-6-14(13(18)16-12,11-2-1-9-19-11)10-4-7-15-8-5-10/h1-2,9-10,15H,3-8H2,(H,16,17,18). The van der Waals surface area contributed by atoms with Gasteiger partial charge in [0.05, 0.1) is 6.26 Å². The van der Waals surface area contributed by atoms with Crippen LogP contribution >= 0.6 is 0 Å². The summed E-state index contributed by atoms with van der Waals surface area (Å²) in [5.74, 6) is 0.559. The minimum absolute atomic E-state index is 0.180. The van der Waals surface area contributed by atoms with Crippen LogP contribution in [0.3, 0.4) is 0 Å². The zero-order valence-corrected chi connectivity index (χ0v) is 10.8. The van der Waals surface area contributed by atoms with Crippen molar-refractivity contribution in [1.29, 1.82) is 0 Å². The molecule has 0 aromatic carbocycles. The Hall–Kier alpha value is -1.62. The Kier molecular flexibility index (Phi) is 3.14. The van der Waals surface area contributed by atoms with Gasteiger partial charge in [0.15, 0.2) is 0 Å². The fourth-order valence-corrected chi connectivity index (χ4v) is 3.40. The Morgan fingerprint density at radius 3 is 2.68 bits per heavy atom. The van der Waals surface area contributed by atoms with Crippen LogP contribution in [0, 0.1) is 5.92 Å². The number of imide groups is 1. The van der Waals surface area contributed by atoms with Crippen LogP contribution in [0.25, 0.3) is 0 Å². The van der Waals surface area contributed by atoms with Crippen LogP contribution in [-0.2, 0) is 15.0 Å². The quantitative estimate of drug-likeness (QED) is 0.779. The third-order valence-corrected chi connectivity index (χ3v) is 4.40. The summed E-state index contributed by atoms with van der Waals surface area (Å²) in [4.78, 5) is 24.0. The van der Waals surface area contributed by atoms with E-state index in [1.165, 1.54) is 0 Å². The molecule has 2 fully saturated rings. The molecule has 0 saturated carbocycles. The average Bonchev–Trinajstić information content (AvgIpc) is 2.95. The Morgan fingerprint density at radius 1 is 1.26 bits per heavy atom. The maximum absolute atomic E-state index is 12.5. The van der Waals surface area contributed by atoms with Gasteiger partial charge in [-0.1, -0.05) is 0 Å². The van der Waals surface area contributed by atoms with E-state index < -0.39 is 5.41 Å². The summed E-state index contributed by atoms with van der Waals surface area (Å²) in [5, 5.41) is 5.81. The van der Waals surface area contributed by atoms with Gasteiger partial charge < -0.3 is 9.73 Å². The lowest BCUT2D eigenvalue weighted by atomic mass is 9.65. The molecular weight excluding hydrogens is 244 g/mol. The van der Waals surface area contributed by atoms with E-state index >= 15 is 0 Å². The number of piperidine rings is 2. The molecule has 5 heteroatoms. The first-order chi connectivity index (χ1) is 9.23. The van der Waals surface area contributed by atoms with Crippen molar-refractivity contribution in [1.82, 2.24) is 10.6 Å². The van der Waals surface area contributed by atoms with Crippen molar-refractivity contribution in [2.24, 2.45) is 5.92 Å². The molecule has 2 N–H and O–H groups in total. The molecule has 1 aromatic rings.